The van der Waals surface area contributed by atoms with Gasteiger partial charge in [0.05, 0.1) is 0 Å². The molecule has 0 heterocycles. The van der Waals surface area contributed by atoms with Crippen LogP contribution < -0.4 is 0 Å². The first-order valence-corrected chi connectivity index (χ1v) is 9.41. The molecule has 0 unspecified atom stereocenters. The molecule has 1 rings (SSSR count). The van der Waals surface area contributed by atoms with E-state index in [1.54, 1.807) is 0 Å². The zero-order chi connectivity index (χ0) is 12.6. The van der Waals surface area contributed by atoms with E-state index in [1.165, 1.54) is 11.1 Å². The summed E-state index contributed by atoms with van der Waals surface area (Å²) < 4.78 is 6.21. The van der Waals surface area contributed by atoms with Gasteiger partial charge in [-0.1, -0.05) is 25.3 Å². The van der Waals surface area contributed by atoms with E-state index in [1.807, 2.05) is 0 Å². The molecule has 0 saturated heterocycles. The first kappa shape index (κ1) is 13.5. The quantitative estimate of drug-likeness (QED) is 0.520. The Morgan fingerprint density at radius 2 is 1.94 bits per heavy atom. The summed E-state index contributed by atoms with van der Waals surface area (Å²) >= 11 is 0. The average molecular weight is 236 g/mol. The molecule has 90 valence electrons. The molecule has 0 aromatic rings. The highest BCUT2D eigenvalue weighted by Gasteiger charge is 2.35. The molecule has 0 radical (unpaired) electrons. The Labute approximate surface area is 101 Å². The van der Waals surface area contributed by atoms with Gasteiger partial charge in [-0.2, -0.15) is 0 Å². The predicted molar refractivity (Wildman–Crippen MR) is 72.8 cm³/mol. The number of hydrogen-bond donors (Lipinski definition) is 0. The molecule has 0 aromatic heterocycles. The van der Waals surface area contributed by atoms with Crippen LogP contribution >= 0.6 is 0 Å². The Bertz CT molecular complexity index is 339. The van der Waals surface area contributed by atoms with Gasteiger partial charge in [0, 0.05) is 11.7 Å². The van der Waals surface area contributed by atoms with Crippen molar-refractivity contribution < 1.29 is 4.43 Å². The predicted octanol–water partition coefficient (Wildman–Crippen LogP) is 3.98. The monoisotopic (exact) mass is 236 g/mol. The van der Waals surface area contributed by atoms with Crippen LogP contribution in [-0.4, -0.2) is 14.4 Å². The van der Waals surface area contributed by atoms with Crippen LogP contribution in [0.4, 0.5) is 0 Å². The standard InChI is InChI=1S/C14H24OSi/c1-8-13-11(2)9-12(10-14(13,3)4)15-16(5,6)7/h1,12H,9-10H2,2-7H3/t12-/m1/s1. The minimum absolute atomic E-state index is 0.0986. The number of hydrogen-bond acceptors (Lipinski definition) is 1. The van der Waals surface area contributed by atoms with Crippen LogP contribution in [0.5, 0.6) is 0 Å². The first-order chi connectivity index (χ1) is 7.15. The van der Waals surface area contributed by atoms with Crippen molar-refractivity contribution in [2.24, 2.45) is 5.41 Å². The van der Waals surface area contributed by atoms with E-state index in [9.17, 15) is 0 Å². The highest BCUT2D eigenvalue weighted by Crippen LogP contribution is 2.41. The second-order valence-corrected chi connectivity index (χ2v) is 10.9. The smallest absolute Gasteiger partial charge is 0.184 e. The van der Waals surface area contributed by atoms with Crippen LogP contribution in [0.15, 0.2) is 11.1 Å². The third kappa shape index (κ3) is 3.23. The van der Waals surface area contributed by atoms with E-state index in [0.717, 1.165) is 12.8 Å². The van der Waals surface area contributed by atoms with Gasteiger partial charge in [0.15, 0.2) is 8.32 Å². The number of terminal acetylenes is 1. The van der Waals surface area contributed by atoms with Crippen molar-refractivity contribution in [2.75, 3.05) is 0 Å². The fourth-order valence-corrected chi connectivity index (χ4v) is 3.83. The normalized spacial score (nSPS) is 25.4. The molecule has 2 heteroatoms. The molecule has 0 amide bonds. The lowest BCUT2D eigenvalue weighted by Gasteiger charge is -2.39. The zero-order valence-corrected chi connectivity index (χ0v) is 12.5. The van der Waals surface area contributed by atoms with Gasteiger partial charge >= 0.3 is 0 Å². The Morgan fingerprint density at radius 1 is 1.38 bits per heavy atom. The molecule has 0 saturated carbocycles. The van der Waals surface area contributed by atoms with Crippen molar-refractivity contribution in [1.29, 1.82) is 0 Å². The Hall–Kier alpha value is -0.523. The molecule has 0 aliphatic heterocycles. The molecule has 0 bridgehead atoms. The Kier molecular flexibility index (Phi) is 3.71. The first-order valence-electron chi connectivity index (χ1n) is 6.00. The van der Waals surface area contributed by atoms with Crippen LogP contribution in [0.1, 0.15) is 33.6 Å². The van der Waals surface area contributed by atoms with Gasteiger partial charge in [0.2, 0.25) is 0 Å². The molecule has 0 aromatic carbocycles. The van der Waals surface area contributed by atoms with Crippen molar-refractivity contribution >= 4 is 8.32 Å². The summed E-state index contributed by atoms with van der Waals surface area (Å²) in [7, 11) is -1.44. The van der Waals surface area contributed by atoms with Gasteiger partial charge in [0.1, 0.15) is 0 Å². The van der Waals surface area contributed by atoms with Crippen LogP contribution in [0.2, 0.25) is 19.6 Å². The zero-order valence-electron chi connectivity index (χ0n) is 11.5. The lowest BCUT2D eigenvalue weighted by Crippen LogP contribution is -2.37. The fraction of sp³-hybridized carbons (Fsp3) is 0.714. The molecule has 1 atom stereocenters. The van der Waals surface area contributed by atoms with Gasteiger partial charge in [-0.3, -0.25) is 0 Å². The summed E-state index contributed by atoms with van der Waals surface area (Å²) in [6.45, 7) is 13.3. The molecule has 0 spiro atoms. The average Bonchev–Trinajstić information content (AvgIpc) is 1.97. The molecular formula is C14H24OSi. The highest BCUT2D eigenvalue weighted by atomic mass is 28.4. The summed E-state index contributed by atoms with van der Waals surface area (Å²) in [5.41, 5.74) is 2.62. The van der Waals surface area contributed by atoms with Gasteiger partial charge in [0.25, 0.3) is 0 Å². The lowest BCUT2D eigenvalue weighted by atomic mass is 9.72. The lowest BCUT2D eigenvalue weighted by molar-refractivity contribution is 0.133. The third-order valence-electron chi connectivity index (χ3n) is 3.04. The number of allylic oxidation sites excluding steroid dienone is 1. The summed E-state index contributed by atoms with van der Waals surface area (Å²) in [6.07, 6.45) is 8.02. The van der Waals surface area contributed by atoms with E-state index >= 15 is 0 Å². The minimum atomic E-state index is -1.44. The van der Waals surface area contributed by atoms with Crippen LogP contribution in [0.3, 0.4) is 0 Å². The van der Waals surface area contributed by atoms with E-state index in [0.29, 0.717) is 6.10 Å². The van der Waals surface area contributed by atoms with Gasteiger partial charge in [-0.25, -0.2) is 0 Å². The van der Waals surface area contributed by atoms with Crippen LogP contribution in [0.25, 0.3) is 0 Å². The maximum absolute atomic E-state index is 6.21. The highest BCUT2D eigenvalue weighted by molar-refractivity contribution is 6.69. The summed E-state index contributed by atoms with van der Waals surface area (Å²) in [5.74, 6) is 2.86. The second-order valence-electron chi connectivity index (χ2n) is 6.44. The Balaban J connectivity index is 2.88. The molecule has 0 fully saturated rings. The molecule has 0 N–H and O–H groups in total. The second kappa shape index (κ2) is 4.39. The van der Waals surface area contributed by atoms with Crippen LogP contribution in [0, 0.1) is 17.8 Å². The van der Waals surface area contributed by atoms with Gasteiger partial charge in [-0.15, -0.1) is 6.42 Å². The van der Waals surface area contributed by atoms with Crippen molar-refractivity contribution in [1.82, 2.24) is 0 Å². The topological polar surface area (TPSA) is 9.23 Å². The van der Waals surface area contributed by atoms with Gasteiger partial charge < -0.3 is 4.43 Å². The van der Waals surface area contributed by atoms with E-state index < -0.39 is 8.32 Å². The fourth-order valence-electron chi connectivity index (χ4n) is 2.67. The maximum Gasteiger partial charge on any atom is 0.184 e. The third-order valence-corrected chi connectivity index (χ3v) is 4.08. The van der Waals surface area contributed by atoms with E-state index in [-0.39, 0.29) is 5.41 Å². The molecule has 1 aliphatic rings. The van der Waals surface area contributed by atoms with Crippen molar-refractivity contribution in [3.05, 3.63) is 11.1 Å². The largest absolute Gasteiger partial charge is 0.414 e. The summed E-state index contributed by atoms with van der Waals surface area (Å²) in [6, 6.07) is 0. The molecule has 1 nitrogen and oxygen atoms in total. The number of rotatable bonds is 2. The summed E-state index contributed by atoms with van der Waals surface area (Å²) in [4.78, 5) is 0. The SMILES string of the molecule is C#CC1=C(C)C[C@@H](O[Si](C)(C)C)CC1(C)C. The maximum atomic E-state index is 6.21. The van der Waals surface area contributed by atoms with E-state index in [4.69, 9.17) is 10.8 Å². The van der Waals surface area contributed by atoms with Crippen molar-refractivity contribution in [3.63, 3.8) is 0 Å². The van der Waals surface area contributed by atoms with E-state index in [2.05, 4.69) is 46.3 Å². The summed E-state index contributed by atoms with van der Waals surface area (Å²) in [5, 5.41) is 0. The minimum Gasteiger partial charge on any atom is -0.414 e. The molecular weight excluding hydrogens is 212 g/mol. The van der Waals surface area contributed by atoms with Crippen molar-refractivity contribution in [3.8, 4) is 12.3 Å². The van der Waals surface area contributed by atoms with Crippen molar-refractivity contribution in [2.45, 2.75) is 59.4 Å². The van der Waals surface area contributed by atoms with Gasteiger partial charge in [-0.05, 0) is 44.8 Å². The Morgan fingerprint density at radius 3 is 2.31 bits per heavy atom. The molecule has 1 aliphatic carbocycles. The molecule has 16 heavy (non-hydrogen) atoms. The van der Waals surface area contributed by atoms with Crippen LogP contribution in [-0.2, 0) is 4.43 Å².